The average molecular weight is 212 g/mol. The molecule has 1 unspecified atom stereocenters. The van der Waals surface area contributed by atoms with Crippen LogP contribution in [0.1, 0.15) is 48.5 Å². The SMILES string of the molecule is CC1CCC2=C(C1)c1ccccc1C(=O)C2. The zero-order valence-corrected chi connectivity index (χ0v) is 9.62. The second-order valence-corrected chi connectivity index (χ2v) is 5.08. The van der Waals surface area contributed by atoms with E-state index >= 15 is 0 Å². The lowest BCUT2D eigenvalue weighted by Crippen LogP contribution is -2.17. The molecule has 0 heterocycles. The molecule has 2 aliphatic rings. The predicted molar refractivity (Wildman–Crippen MR) is 65.3 cm³/mol. The Morgan fingerprint density at radius 2 is 1.94 bits per heavy atom. The fraction of sp³-hybridized carbons (Fsp3) is 0.400. The molecule has 16 heavy (non-hydrogen) atoms. The standard InChI is InChI=1S/C15H16O/c1-10-6-7-11-9-15(16)13-5-3-2-4-12(13)14(11)8-10/h2-5,10H,6-9H2,1H3. The molecule has 1 nitrogen and oxygen atoms in total. The fourth-order valence-electron chi connectivity index (χ4n) is 2.94. The molecule has 0 fully saturated rings. The monoisotopic (exact) mass is 212 g/mol. The van der Waals surface area contributed by atoms with Gasteiger partial charge in [-0.25, -0.2) is 0 Å². The second-order valence-electron chi connectivity index (χ2n) is 5.08. The van der Waals surface area contributed by atoms with Crippen molar-refractivity contribution in [3.05, 3.63) is 41.0 Å². The Kier molecular flexibility index (Phi) is 2.20. The maximum atomic E-state index is 12.0. The van der Waals surface area contributed by atoms with Gasteiger partial charge in [0.2, 0.25) is 0 Å². The van der Waals surface area contributed by atoms with Gasteiger partial charge in [0.05, 0.1) is 0 Å². The van der Waals surface area contributed by atoms with Crippen molar-refractivity contribution in [1.29, 1.82) is 0 Å². The van der Waals surface area contributed by atoms with Gasteiger partial charge in [-0.1, -0.05) is 36.8 Å². The third-order valence-corrected chi connectivity index (χ3v) is 3.84. The minimum absolute atomic E-state index is 0.309. The van der Waals surface area contributed by atoms with E-state index < -0.39 is 0 Å². The van der Waals surface area contributed by atoms with E-state index in [9.17, 15) is 4.79 Å². The van der Waals surface area contributed by atoms with Gasteiger partial charge in [0.25, 0.3) is 0 Å². The highest BCUT2D eigenvalue weighted by molar-refractivity contribution is 6.06. The molecular formula is C15H16O. The number of allylic oxidation sites excluding steroid dienone is 2. The van der Waals surface area contributed by atoms with Crippen LogP contribution in [0.4, 0.5) is 0 Å². The summed E-state index contributed by atoms with van der Waals surface area (Å²) in [6.07, 6.45) is 4.18. The molecule has 0 aromatic heterocycles. The van der Waals surface area contributed by atoms with Gasteiger partial charge in [0.15, 0.2) is 5.78 Å². The summed E-state index contributed by atoms with van der Waals surface area (Å²) in [6, 6.07) is 8.09. The molecule has 0 bridgehead atoms. The largest absolute Gasteiger partial charge is 0.294 e. The Hall–Kier alpha value is -1.37. The normalized spacial score (nSPS) is 24.1. The number of hydrogen-bond donors (Lipinski definition) is 0. The lowest BCUT2D eigenvalue weighted by molar-refractivity contribution is 0.0989. The first-order valence-electron chi connectivity index (χ1n) is 6.09. The lowest BCUT2D eigenvalue weighted by Gasteiger charge is -2.29. The number of Topliss-reactive ketones (excluding diaryl/α,β-unsaturated/α-hetero) is 1. The first kappa shape index (κ1) is 9.83. The van der Waals surface area contributed by atoms with Gasteiger partial charge in [-0.15, -0.1) is 0 Å². The van der Waals surface area contributed by atoms with Crippen molar-refractivity contribution < 1.29 is 4.79 Å². The number of ketones is 1. The Balaban J connectivity index is 2.16. The first-order valence-corrected chi connectivity index (χ1v) is 6.09. The van der Waals surface area contributed by atoms with E-state index in [1.54, 1.807) is 0 Å². The molecule has 0 saturated heterocycles. The summed E-state index contributed by atoms with van der Waals surface area (Å²) in [5.74, 6) is 1.07. The van der Waals surface area contributed by atoms with E-state index in [2.05, 4.69) is 13.0 Å². The molecule has 0 spiro atoms. The van der Waals surface area contributed by atoms with E-state index in [0.29, 0.717) is 12.2 Å². The summed E-state index contributed by atoms with van der Waals surface area (Å²) in [4.78, 5) is 12.0. The number of benzene rings is 1. The van der Waals surface area contributed by atoms with Crippen LogP contribution in [0.2, 0.25) is 0 Å². The van der Waals surface area contributed by atoms with Gasteiger partial charge >= 0.3 is 0 Å². The van der Waals surface area contributed by atoms with Gasteiger partial charge in [-0.05, 0) is 36.3 Å². The smallest absolute Gasteiger partial charge is 0.167 e. The Morgan fingerprint density at radius 1 is 1.19 bits per heavy atom. The van der Waals surface area contributed by atoms with Crippen molar-refractivity contribution in [1.82, 2.24) is 0 Å². The summed E-state index contributed by atoms with van der Waals surface area (Å²) < 4.78 is 0. The highest BCUT2D eigenvalue weighted by atomic mass is 16.1. The minimum Gasteiger partial charge on any atom is -0.294 e. The molecule has 0 amide bonds. The number of carbonyl (C=O) groups excluding carboxylic acids is 1. The van der Waals surface area contributed by atoms with Crippen LogP contribution in [0, 0.1) is 5.92 Å². The van der Waals surface area contributed by atoms with Gasteiger partial charge in [0.1, 0.15) is 0 Å². The molecular weight excluding hydrogens is 196 g/mol. The van der Waals surface area contributed by atoms with Crippen LogP contribution >= 0.6 is 0 Å². The summed E-state index contributed by atoms with van der Waals surface area (Å²) in [6.45, 7) is 2.31. The third-order valence-electron chi connectivity index (χ3n) is 3.84. The van der Waals surface area contributed by atoms with Crippen LogP contribution in [0.25, 0.3) is 5.57 Å². The van der Waals surface area contributed by atoms with Crippen molar-refractivity contribution in [2.75, 3.05) is 0 Å². The van der Waals surface area contributed by atoms with Crippen LogP contribution in [-0.4, -0.2) is 5.78 Å². The molecule has 1 atom stereocenters. The van der Waals surface area contributed by atoms with Crippen molar-refractivity contribution in [3.8, 4) is 0 Å². The molecule has 0 aliphatic heterocycles. The highest BCUT2D eigenvalue weighted by Crippen LogP contribution is 2.41. The quantitative estimate of drug-likeness (QED) is 0.638. The number of fused-ring (bicyclic) bond motifs is 2. The summed E-state index contributed by atoms with van der Waals surface area (Å²) in [5, 5.41) is 0. The predicted octanol–water partition coefficient (Wildman–Crippen LogP) is 3.85. The van der Waals surface area contributed by atoms with Crippen molar-refractivity contribution in [3.63, 3.8) is 0 Å². The van der Waals surface area contributed by atoms with Gasteiger partial charge < -0.3 is 0 Å². The number of rotatable bonds is 0. The molecule has 0 N–H and O–H groups in total. The molecule has 1 aromatic carbocycles. The summed E-state index contributed by atoms with van der Waals surface area (Å²) >= 11 is 0. The van der Waals surface area contributed by atoms with E-state index in [1.165, 1.54) is 23.1 Å². The number of hydrogen-bond acceptors (Lipinski definition) is 1. The molecule has 1 heteroatoms. The van der Waals surface area contributed by atoms with E-state index in [0.717, 1.165) is 24.3 Å². The average Bonchev–Trinajstić information content (AvgIpc) is 2.31. The van der Waals surface area contributed by atoms with E-state index in [1.807, 2.05) is 18.2 Å². The number of carbonyl (C=O) groups is 1. The zero-order chi connectivity index (χ0) is 11.1. The second kappa shape index (κ2) is 3.58. The molecule has 1 aromatic rings. The molecule has 0 radical (unpaired) electrons. The minimum atomic E-state index is 0.309. The Bertz CT molecular complexity index is 482. The van der Waals surface area contributed by atoms with Crippen molar-refractivity contribution in [2.24, 2.45) is 5.92 Å². The summed E-state index contributed by atoms with van der Waals surface area (Å²) in [5.41, 5.74) is 5.02. The van der Waals surface area contributed by atoms with Crippen molar-refractivity contribution in [2.45, 2.75) is 32.6 Å². The van der Waals surface area contributed by atoms with Crippen molar-refractivity contribution >= 4 is 11.4 Å². The Labute approximate surface area is 96.2 Å². The van der Waals surface area contributed by atoms with Crippen LogP contribution < -0.4 is 0 Å². The van der Waals surface area contributed by atoms with Crippen LogP contribution in [0.3, 0.4) is 0 Å². The van der Waals surface area contributed by atoms with E-state index in [-0.39, 0.29) is 0 Å². The highest BCUT2D eigenvalue weighted by Gasteiger charge is 2.27. The first-order chi connectivity index (χ1) is 7.75. The maximum Gasteiger partial charge on any atom is 0.167 e. The topological polar surface area (TPSA) is 17.1 Å². The van der Waals surface area contributed by atoms with Crippen LogP contribution in [-0.2, 0) is 0 Å². The van der Waals surface area contributed by atoms with Gasteiger partial charge in [0, 0.05) is 12.0 Å². The van der Waals surface area contributed by atoms with Crippen LogP contribution in [0.15, 0.2) is 29.8 Å². The zero-order valence-electron chi connectivity index (χ0n) is 9.62. The molecule has 2 aliphatic carbocycles. The Morgan fingerprint density at radius 3 is 2.75 bits per heavy atom. The lowest BCUT2D eigenvalue weighted by atomic mass is 9.75. The summed E-state index contributed by atoms with van der Waals surface area (Å²) in [7, 11) is 0. The fourth-order valence-corrected chi connectivity index (χ4v) is 2.94. The van der Waals surface area contributed by atoms with Crippen LogP contribution in [0.5, 0.6) is 0 Å². The molecule has 3 rings (SSSR count). The van der Waals surface area contributed by atoms with E-state index in [4.69, 9.17) is 0 Å². The molecule has 82 valence electrons. The van der Waals surface area contributed by atoms with Gasteiger partial charge in [-0.2, -0.15) is 0 Å². The maximum absolute atomic E-state index is 12.0. The third kappa shape index (κ3) is 1.42. The molecule has 0 saturated carbocycles. The van der Waals surface area contributed by atoms with Gasteiger partial charge in [-0.3, -0.25) is 4.79 Å².